The lowest BCUT2D eigenvalue weighted by atomic mass is 10.2. The number of hydrogen-bond donors (Lipinski definition) is 2. The van der Waals surface area contributed by atoms with Gasteiger partial charge in [-0.1, -0.05) is 0 Å². The van der Waals surface area contributed by atoms with Crippen LogP contribution in [0.25, 0.3) is 10.9 Å². The van der Waals surface area contributed by atoms with Gasteiger partial charge in [-0.2, -0.15) is 8.42 Å². The highest BCUT2D eigenvalue weighted by Gasteiger charge is 2.18. The average Bonchev–Trinajstić information content (AvgIpc) is 2.43. The Hall–Kier alpha value is -1.40. The first kappa shape index (κ1) is 10.1. The Bertz CT molecular complexity index is 630. The smallest absolute Gasteiger partial charge is 0.310 e. The molecule has 0 saturated heterocycles. The highest BCUT2D eigenvalue weighted by molar-refractivity contribution is 7.85. The molecule has 0 spiro atoms. The summed E-state index contributed by atoms with van der Waals surface area (Å²) in [5, 5.41) is 0.158. The molecule has 0 atom stereocenters. The van der Waals surface area contributed by atoms with E-state index in [-0.39, 0.29) is 5.03 Å². The SMILES string of the molecule is Cc1c(S(=O)(=O)O)[nH]c2ccc(F)cc12. The number of aryl methyl sites for hydroxylation is 1. The maximum absolute atomic E-state index is 12.9. The first-order valence-electron chi connectivity index (χ1n) is 4.15. The number of rotatable bonds is 1. The second kappa shape index (κ2) is 3.04. The van der Waals surface area contributed by atoms with Crippen molar-refractivity contribution in [1.29, 1.82) is 0 Å². The fourth-order valence-corrected chi connectivity index (χ4v) is 2.27. The molecule has 0 unspecified atom stereocenters. The van der Waals surface area contributed by atoms with Gasteiger partial charge in [-0.15, -0.1) is 0 Å². The minimum Gasteiger partial charge on any atom is -0.343 e. The summed E-state index contributed by atoms with van der Waals surface area (Å²) in [7, 11) is -4.29. The van der Waals surface area contributed by atoms with Crippen LogP contribution in [-0.4, -0.2) is 18.0 Å². The molecular weight excluding hydrogens is 221 g/mol. The number of benzene rings is 1. The maximum atomic E-state index is 12.9. The average molecular weight is 229 g/mol. The van der Waals surface area contributed by atoms with Crippen molar-refractivity contribution in [3.63, 3.8) is 0 Å². The summed E-state index contributed by atoms with van der Waals surface area (Å²) in [5.41, 5.74) is 0.786. The minimum absolute atomic E-state index is 0.289. The predicted molar refractivity (Wildman–Crippen MR) is 52.8 cm³/mol. The van der Waals surface area contributed by atoms with Gasteiger partial charge in [0.1, 0.15) is 5.82 Å². The summed E-state index contributed by atoms with van der Waals surface area (Å²) in [4.78, 5) is 2.53. The van der Waals surface area contributed by atoms with Gasteiger partial charge in [0.15, 0.2) is 5.03 Å². The van der Waals surface area contributed by atoms with E-state index in [1.165, 1.54) is 25.1 Å². The van der Waals surface area contributed by atoms with E-state index >= 15 is 0 Å². The van der Waals surface area contributed by atoms with Crippen LogP contribution >= 0.6 is 0 Å². The monoisotopic (exact) mass is 229 g/mol. The summed E-state index contributed by atoms with van der Waals surface area (Å²) in [6.45, 7) is 1.50. The van der Waals surface area contributed by atoms with Gasteiger partial charge < -0.3 is 4.98 Å². The second-order valence-electron chi connectivity index (χ2n) is 3.24. The van der Waals surface area contributed by atoms with Gasteiger partial charge in [0.2, 0.25) is 0 Å². The van der Waals surface area contributed by atoms with Crippen LogP contribution in [0.1, 0.15) is 5.56 Å². The third kappa shape index (κ3) is 1.62. The molecule has 2 N–H and O–H groups in total. The predicted octanol–water partition coefficient (Wildman–Crippen LogP) is 1.86. The lowest BCUT2D eigenvalue weighted by molar-refractivity contribution is 0.479. The summed E-state index contributed by atoms with van der Waals surface area (Å²) in [6.07, 6.45) is 0. The number of hydrogen-bond acceptors (Lipinski definition) is 2. The third-order valence-corrected chi connectivity index (χ3v) is 3.16. The summed E-state index contributed by atoms with van der Waals surface area (Å²) in [5.74, 6) is -0.452. The Morgan fingerprint density at radius 3 is 2.67 bits per heavy atom. The molecular formula is C9H8FNO3S. The van der Waals surface area contributed by atoms with Crippen LogP contribution in [0.15, 0.2) is 23.2 Å². The van der Waals surface area contributed by atoms with Crippen LogP contribution in [0.4, 0.5) is 4.39 Å². The molecule has 2 rings (SSSR count). The lowest BCUT2D eigenvalue weighted by Gasteiger charge is -1.93. The van der Waals surface area contributed by atoms with Crippen LogP contribution < -0.4 is 0 Å². The Kier molecular flexibility index (Phi) is 2.06. The van der Waals surface area contributed by atoms with Crippen molar-refractivity contribution < 1.29 is 17.4 Å². The van der Waals surface area contributed by atoms with Crippen LogP contribution in [0.5, 0.6) is 0 Å². The highest BCUT2D eigenvalue weighted by atomic mass is 32.2. The standard InChI is InChI=1S/C9H8FNO3S/c1-5-7-4-6(10)2-3-8(7)11-9(5)15(12,13)14/h2-4,11H,1H3,(H,12,13,14). The van der Waals surface area contributed by atoms with Crippen molar-refractivity contribution in [3.05, 3.63) is 29.6 Å². The van der Waals surface area contributed by atoms with Crippen molar-refractivity contribution in [3.8, 4) is 0 Å². The fraction of sp³-hybridized carbons (Fsp3) is 0.111. The molecule has 0 radical (unpaired) electrons. The third-order valence-electron chi connectivity index (χ3n) is 2.23. The zero-order chi connectivity index (χ0) is 11.2. The Labute approximate surface area is 85.5 Å². The maximum Gasteiger partial charge on any atom is 0.310 e. The first-order valence-corrected chi connectivity index (χ1v) is 5.59. The molecule has 4 nitrogen and oxygen atoms in total. The summed E-state index contributed by atoms with van der Waals surface area (Å²) >= 11 is 0. The van der Waals surface area contributed by atoms with Gasteiger partial charge in [0, 0.05) is 10.9 Å². The van der Waals surface area contributed by atoms with E-state index in [0.29, 0.717) is 16.5 Å². The molecule has 0 aliphatic rings. The van der Waals surface area contributed by atoms with Gasteiger partial charge in [0.05, 0.1) is 0 Å². The van der Waals surface area contributed by atoms with Crippen LogP contribution in [0, 0.1) is 12.7 Å². The van der Waals surface area contributed by atoms with E-state index in [2.05, 4.69) is 4.98 Å². The summed E-state index contributed by atoms with van der Waals surface area (Å²) < 4.78 is 43.7. The van der Waals surface area contributed by atoms with E-state index in [4.69, 9.17) is 4.55 Å². The topological polar surface area (TPSA) is 70.2 Å². The van der Waals surface area contributed by atoms with Crippen molar-refractivity contribution >= 4 is 21.0 Å². The van der Waals surface area contributed by atoms with Gasteiger partial charge in [0.25, 0.3) is 0 Å². The zero-order valence-corrected chi connectivity index (χ0v) is 8.60. The first-order chi connectivity index (χ1) is 6.89. The number of H-pyrrole nitrogens is 1. The quantitative estimate of drug-likeness (QED) is 0.733. The molecule has 1 aromatic heterocycles. The van der Waals surface area contributed by atoms with Crippen molar-refractivity contribution in [1.82, 2.24) is 4.98 Å². The number of fused-ring (bicyclic) bond motifs is 1. The van der Waals surface area contributed by atoms with Gasteiger partial charge >= 0.3 is 10.1 Å². The number of aromatic nitrogens is 1. The molecule has 0 saturated carbocycles. The lowest BCUT2D eigenvalue weighted by Crippen LogP contribution is -1.99. The molecule has 6 heteroatoms. The Morgan fingerprint density at radius 1 is 1.40 bits per heavy atom. The van der Waals surface area contributed by atoms with E-state index in [9.17, 15) is 12.8 Å². The molecule has 80 valence electrons. The van der Waals surface area contributed by atoms with E-state index in [1.54, 1.807) is 0 Å². The zero-order valence-electron chi connectivity index (χ0n) is 7.78. The highest BCUT2D eigenvalue weighted by Crippen LogP contribution is 2.25. The molecule has 0 aliphatic carbocycles. The molecule has 0 bridgehead atoms. The van der Waals surface area contributed by atoms with Crippen LogP contribution in [0.3, 0.4) is 0 Å². The normalized spacial score (nSPS) is 12.2. The Balaban J connectivity index is 2.87. The van der Waals surface area contributed by atoms with E-state index < -0.39 is 15.9 Å². The van der Waals surface area contributed by atoms with E-state index in [0.717, 1.165) is 0 Å². The number of halogens is 1. The second-order valence-corrected chi connectivity index (χ2v) is 4.60. The molecule has 15 heavy (non-hydrogen) atoms. The minimum atomic E-state index is -4.29. The van der Waals surface area contributed by atoms with Gasteiger partial charge in [-0.05, 0) is 30.7 Å². The van der Waals surface area contributed by atoms with Gasteiger partial charge in [-0.3, -0.25) is 4.55 Å². The molecule has 0 fully saturated rings. The van der Waals surface area contributed by atoms with Crippen LogP contribution in [0.2, 0.25) is 0 Å². The number of nitrogens with one attached hydrogen (secondary N) is 1. The summed E-state index contributed by atoms with van der Waals surface area (Å²) in [6, 6.07) is 3.86. The largest absolute Gasteiger partial charge is 0.343 e. The molecule has 0 amide bonds. The number of aromatic amines is 1. The molecule has 2 aromatic rings. The van der Waals surface area contributed by atoms with Crippen LogP contribution in [-0.2, 0) is 10.1 Å². The van der Waals surface area contributed by atoms with Crippen molar-refractivity contribution in [2.45, 2.75) is 11.9 Å². The fourth-order valence-electron chi connectivity index (χ4n) is 1.53. The van der Waals surface area contributed by atoms with Gasteiger partial charge in [-0.25, -0.2) is 4.39 Å². The van der Waals surface area contributed by atoms with Crippen molar-refractivity contribution in [2.24, 2.45) is 0 Å². The molecule has 0 aliphatic heterocycles. The molecule has 1 heterocycles. The van der Waals surface area contributed by atoms with Crippen molar-refractivity contribution in [2.75, 3.05) is 0 Å². The molecule has 1 aromatic carbocycles. The Morgan fingerprint density at radius 2 is 2.07 bits per heavy atom. The van der Waals surface area contributed by atoms with E-state index in [1.807, 2.05) is 0 Å².